The molecule has 0 aromatic rings. The highest BCUT2D eigenvalue weighted by Crippen LogP contribution is 1.88. The summed E-state index contributed by atoms with van der Waals surface area (Å²) in [5.74, 6) is 0. The fourth-order valence-electron chi connectivity index (χ4n) is 1.61. The fourth-order valence-corrected chi connectivity index (χ4v) is 1.61. The summed E-state index contributed by atoms with van der Waals surface area (Å²) >= 11 is 0. The molecule has 0 unspecified atom stereocenters. The third-order valence-electron chi connectivity index (χ3n) is 2.83. The highest BCUT2D eigenvalue weighted by Gasteiger charge is 1.93. The Morgan fingerprint density at radius 3 is 1.48 bits per heavy atom. The van der Waals surface area contributed by atoms with Crippen molar-refractivity contribution in [3.63, 3.8) is 0 Å². The minimum Gasteiger partial charge on any atom is -0.379 e. The monoisotopic (exact) mass is 305 g/mol. The second-order valence-corrected chi connectivity index (χ2v) is 4.91. The second kappa shape index (κ2) is 19.8. The van der Waals surface area contributed by atoms with Crippen molar-refractivity contribution < 1.29 is 18.9 Å². The number of hydrogen-bond donors (Lipinski definition) is 1. The van der Waals surface area contributed by atoms with E-state index in [9.17, 15) is 0 Å². The first-order valence-electron chi connectivity index (χ1n) is 8.43. The van der Waals surface area contributed by atoms with Crippen molar-refractivity contribution in [2.75, 3.05) is 65.9 Å². The van der Waals surface area contributed by atoms with Gasteiger partial charge in [0.05, 0.1) is 39.6 Å². The van der Waals surface area contributed by atoms with Gasteiger partial charge in [-0.1, -0.05) is 20.3 Å². The van der Waals surface area contributed by atoms with Crippen molar-refractivity contribution in [2.45, 2.75) is 39.5 Å². The van der Waals surface area contributed by atoms with Crippen molar-refractivity contribution in [2.24, 2.45) is 0 Å². The maximum absolute atomic E-state index is 5.47. The molecule has 0 amide bonds. The first-order chi connectivity index (χ1) is 10.4. The van der Waals surface area contributed by atoms with Gasteiger partial charge in [-0.2, -0.15) is 0 Å². The average Bonchev–Trinajstić information content (AvgIpc) is 2.50. The van der Waals surface area contributed by atoms with E-state index in [1.165, 1.54) is 12.8 Å². The lowest BCUT2D eigenvalue weighted by Gasteiger charge is -2.07. The van der Waals surface area contributed by atoms with Gasteiger partial charge in [0.25, 0.3) is 0 Å². The van der Waals surface area contributed by atoms with Crippen LogP contribution in [0, 0.1) is 0 Å². The molecule has 0 heterocycles. The molecule has 21 heavy (non-hydrogen) atoms. The lowest BCUT2D eigenvalue weighted by atomic mass is 10.4. The standard InChI is InChI=1S/C16H35NO4/c1-3-5-9-18-11-13-20-15-16-21-14-12-19-10-6-8-17-7-4-2/h17H,3-16H2,1-2H3. The van der Waals surface area contributed by atoms with Crippen LogP contribution in [0.3, 0.4) is 0 Å². The van der Waals surface area contributed by atoms with Gasteiger partial charge in [0.1, 0.15) is 0 Å². The third kappa shape index (κ3) is 19.8. The largest absolute Gasteiger partial charge is 0.379 e. The van der Waals surface area contributed by atoms with Gasteiger partial charge in [-0.3, -0.25) is 0 Å². The molecular weight excluding hydrogens is 270 g/mol. The van der Waals surface area contributed by atoms with Crippen molar-refractivity contribution in [3.8, 4) is 0 Å². The molecule has 0 saturated heterocycles. The molecule has 0 aliphatic carbocycles. The Hall–Kier alpha value is -0.200. The van der Waals surface area contributed by atoms with Crippen LogP contribution in [0.4, 0.5) is 0 Å². The predicted octanol–water partition coefficient (Wildman–Crippen LogP) is 2.24. The number of unbranched alkanes of at least 4 members (excludes halogenated alkanes) is 1. The molecule has 0 radical (unpaired) electrons. The smallest absolute Gasteiger partial charge is 0.0701 e. The Bertz CT molecular complexity index is 164. The molecule has 5 nitrogen and oxygen atoms in total. The molecule has 0 rings (SSSR count). The van der Waals surface area contributed by atoms with Gasteiger partial charge in [0.15, 0.2) is 0 Å². The molecule has 5 heteroatoms. The van der Waals surface area contributed by atoms with E-state index in [1.54, 1.807) is 0 Å². The van der Waals surface area contributed by atoms with Crippen LogP contribution >= 0.6 is 0 Å². The van der Waals surface area contributed by atoms with Gasteiger partial charge < -0.3 is 24.3 Å². The number of nitrogens with one attached hydrogen (secondary N) is 1. The predicted molar refractivity (Wildman–Crippen MR) is 86.0 cm³/mol. The summed E-state index contributed by atoms with van der Waals surface area (Å²) in [7, 11) is 0. The Morgan fingerprint density at radius 2 is 1.00 bits per heavy atom. The van der Waals surface area contributed by atoms with E-state index in [4.69, 9.17) is 18.9 Å². The third-order valence-corrected chi connectivity index (χ3v) is 2.83. The molecule has 0 atom stereocenters. The molecule has 128 valence electrons. The van der Waals surface area contributed by atoms with E-state index in [-0.39, 0.29) is 0 Å². The molecular formula is C16H35NO4. The maximum Gasteiger partial charge on any atom is 0.0701 e. The van der Waals surface area contributed by atoms with Crippen LogP contribution in [-0.2, 0) is 18.9 Å². The summed E-state index contributed by atoms with van der Waals surface area (Å²) in [6.45, 7) is 11.9. The maximum atomic E-state index is 5.47. The van der Waals surface area contributed by atoms with Crippen LogP contribution in [-0.4, -0.2) is 65.9 Å². The topological polar surface area (TPSA) is 49.0 Å². The lowest BCUT2D eigenvalue weighted by molar-refractivity contribution is -0.00220. The molecule has 0 aliphatic heterocycles. The van der Waals surface area contributed by atoms with Gasteiger partial charge in [0.2, 0.25) is 0 Å². The Labute approximate surface area is 130 Å². The van der Waals surface area contributed by atoms with Gasteiger partial charge >= 0.3 is 0 Å². The summed E-state index contributed by atoms with van der Waals surface area (Å²) in [6, 6.07) is 0. The van der Waals surface area contributed by atoms with Crippen LogP contribution in [0.1, 0.15) is 39.5 Å². The quantitative estimate of drug-likeness (QED) is 0.394. The first-order valence-corrected chi connectivity index (χ1v) is 8.43. The van der Waals surface area contributed by atoms with Gasteiger partial charge in [-0.15, -0.1) is 0 Å². The second-order valence-electron chi connectivity index (χ2n) is 4.91. The summed E-state index contributed by atoms with van der Waals surface area (Å²) in [5, 5.41) is 3.34. The highest BCUT2D eigenvalue weighted by molar-refractivity contribution is 4.45. The molecule has 0 bridgehead atoms. The summed E-state index contributed by atoms with van der Waals surface area (Å²) in [6.07, 6.45) is 4.53. The van der Waals surface area contributed by atoms with Crippen LogP contribution in [0.25, 0.3) is 0 Å². The summed E-state index contributed by atoms with van der Waals surface area (Å²) in [4.78, 5) is 0. The zero-order chi connectivity index (χ0) is 15.4. The van der Waals surface area contributed by atoms with Crippen molar-refractivity contribution in [1.29, 1.82) is 0 Å². The van der Waals surface area contributed by atoms with E-state index in [0.717, 1.165) is 39.1 Å². The Kier molecular flexibility index (Phi) is 19.6. The molecule has 0 aromatic heterocycles. The number of rotatable bonds is 18. The van der Waals surface area contributed by atoms with Crippen molar-refractivity contribution in [1.82, 2.24) is 5.32 Å². The number of ether oxygens (including phenoxy) is 4. The molecule has 0 aliphatic rings. The summed E-state index contributed by atoms with van der Waals surface area (Å²) in [5.41, 5.74) is 0. The molecule has 0 saturated carbocycles. The lowest BCUT2D eigenvalue weighted by Crippen LogP contribution is -2.18. The minimum absolute atomic E-state index is 0.621. The Balaban J connectivity index is 2.90. The van der Waals surface area contributed by atoms with Crippen LogP contribution in [0.15, 0.2) is 0 Å². The minimum atomic E-state index is 0.621. The van der Waals surface area contributed by atoms with Gasteiger partial charge in [0, 0.05) is 13.2 Å². The van der Waals surface area contributed by atoms with E-state index in [1.807, 2.05) is 0 Å². The first kappa shape index (κ1) is 20.8. The zero-order valence-corrected chi connectivity index (χ0v) is 14.0. The van der Waals surface area contributed by atoms with E-state index >= 15 is 0 Å². The molecule has 1 N–H and O–H groups in total. The summed E-state index contributed by atoms with van der Waals surface area (Å²) < 4.78 is 21.7. The SMILES string of the molecule is CCCCOCCOCCOCCOCCCNCCC. The highest BCUT2D eigenvalue weighted by atomic mass is 16.6. The number of hydrogen-bond acceptors (Lipinski definition) is 5. The van der Waals surface area contributed by atoms with Gasteiger partial charge in [-0.05, 0) is 32.4 Å². The van der Waals surface area contributed by atoms with Gasteiger partial charge in [-0.25, -0.2) is 0 Å². The van der Waals surface area contributed by atoms with E-state index in [0.29, 0.717) is 39.6 Å². The molecule has 0 fully saturated rings. The van der Waals surface area contributed by atoms with Crippen LogP contribution in [0.5, 0.6) is 0 Å². The average molecular weight is 305 g/mol. The normalized spacial score (nSPS) is 11.1. The van der Waals surface area contributed by atoms with E-state index in [2.05, 4.69) is 19.2 Å². The Morgan fingerprint density at radius 1 is 0.524 bits per heavy atom. The van der Waals surface area contributed by atoms with Crippen LogP contribution < -0.4 is 5.32 Å². The van der Waals surface area contributed by atoms with Crippen molar-refractivity contribution in [3.05, 3.63) is 0 Å². The van der Waals surface area contributed by atoms with E-state index < -0.39 is 0 Å². The zero-order valence-electron chi connectivity index (χ0n) is 14.0. The fraction of sp³-hybridized carbons (Fsp3) is 1.00. The van der Waals surface area contributed by atoms with Crippen molar-refractivity contribution >= 4 is 0 Å². The van der Waals surface area contributed by atoms with Crippen LogP contribution in [0.2, 0.25) is 0 Å². The molecule has 0 aromatic carbocycles. The molecule has 0 spiro atoms.